The molecule has 9 heteroatoms. The van der Waals surface area contributed by atoms with Gasteiger partial charge in [-0.3, -0.25) is 4.21 Å². The molecule has 0 aromatic carbocycles. The van der Waals surface area contributed by atoms with E-state index in [0.29, 0.717) is 37.4 Å². The maximum absolute atomic E-state index is 11.0. The molecule has 8 nitrogen and oxygen atoms in total. The lowest BCUT2D eigenvalue weighted by Crippen LogP contribution is -2.37. The van der Waals surface area contributed by atoms with E-state index in [0.717, 1.165) is 13.1 Å². The van der Waals surface area contributed by atoms with Gasteiger partial charge in [0.2, 0.25) is 17.8 Å². The Morgan fingerprint density at radius 1 is 1.37 bits per heavy atom. The average Bonchev–Trinajstić information content (AvgIpc) is 2.39. The number of nitrogen functional groups attached to an aromatic ring is 1. The molecule has 1 unspecified atom stereocenters. The molecule has 106 valence electrons. The Balaban J connectivity index is 2.03. The Bertz CT molecular complexity index is 452. The molecule has 0 aliphatic carbocycles. The third-order valence-electron chi connectivity index (χ3n) is 2.61. The molecule has 1 aliphatic rings. The van der Waals surface area contributed by atoms with E-state index >= 15 is 0 Å². The molecule has 19 heavy (non-hydrogen) atoms. The van der Waals surface area contributed by atoms with Gasteiger partial charge in [0.05, 0.1) is 13.2 Å². The first-order chi connectivity index (χ1) is 9.15. The minimum absolute atomic E-state index is 0.177. The summed E-state index contributed by atoms with van der Waals surface area (Å²) in [5.41, 5.74) is 5.68. The molecule has 0 spiro atoms. The number of nitrogens with two attached hydrogens (primary N) is 1. The van der Waals surface area contributed by atoms with Gasteiger partial charge >= 0.3 is 0 Å². The van der Waals surface area contributed by atoms with Gasteiger partial charge in [-0.05, 0) is 0 Å². The number of anilines is 3. The molecule has 0 amide bonds. The van der Waals surface area contributed by atoms with Gasteiger partial charge in [-0.25, -0.2) is 0 Å². The number of ether oxygens (including phenoxy) is 1. The van der Waals surface area contributed by atoms with E-state index in [4.69, 9.17) is 10.5 Å². The summed E-state index contributed by atoms with van der Waals surface area (Å²) in [5, 5.41) is 3.00. The van der Waals surface area contributed by atoms with Crippen molar-refractivity contribution in [3.63, 3.8) is 0 Å². The van der Waals surface area contributed by atoms with Crippen LogP contribution in [0.4, 0.5) is 17.8 Å². The van der Waals surface area contributed by atoms with Crippen molar-refractivity contribution in [3.05, 3.63) is 0 Å². The van der Waals surface area contributed by atoms with E-state index in [1.165, 1.54) is 0 Å². The van der Waals surface area contributed by atoms with E-state index in [2.05, 4.69) is 20.3 Å². The van der Waals surface area contributed by atoms with Crippen molar-refractivity contribution in [3.8, 4) is 0 Å². The summed E-state index contributed by atoms with van der Waals surface area (Å²) < 4.78 is 16.3. The molecule has 0 saturated carbocycles. The summed E-state index contributed by atoms with van der Waals surface area (Å²) in [6.45, 7) is 3.32. The van der Waals surface area contributed by atoms with Crippen LogP contribution in [0.15, 0.2) is 0 Å². The van der Waals surface area contributed by atoms with Crippen molar-refractivity contribution in [2.45, 2.75) is 0 Å². The van der Waals surface area contributed by atoms with Crippen LogP contribution in [0.2, 0.25) is 0 Å². The van der Waals surface area contributed by atoms with E-state index < -0.39 is 10.8 Å². The van der Waals surface area contributed by atoms with Gasteiger partial charge in [-0.2, -0.15) is 15.0 Å². The van der Waals surface area contributed by atoms with Gasteiger partial charge in [0.15, 0.2) is 0 Å². The second-order valence-electron chi connectivity index (χ2n) is 4.12. The van der Waals surface area contributed by atoms with Crippen molar-refractivity contribution in [2.24, 2.45) is 0 Å². The van der Waals surface area contributed by atoms with Crippen LogP contribution in [0.25, 0.3) is 0 Å². The molecule has 0 bridgehead atoms. The smallest absolute Gasteiger partial charge is 0.232 e. The molecule has 2 heterocycles. The summed E-state index contributed by atoms with van der Waals surface area (Å²) in [4.78, 5) is 14.5. The van der Waals surface area contributed by atoms with Crippen molar-refractivity contribution in [1.29, 1.82) is 0 Å². The van der Waals surface area contributed by atoms with E-state index in [1.807, 2.05) is 4.90 Å². The predicted molar refractivity (Wildman–Crippen MR) is 74.7 cm³/mol. The van der Waals surface area contributed by atoms with Gasteiger partial charge in [0.25, 0.3) is 0 Å². The van der Waals surface area contributed by atoms with Crippen molar-refractivity contribution in [1.82, 2.24) is 15.0 Å². The van der Waals surface area contributed by atoms with Crippen LogP contribution in [0.5, 0.6) is 0 Å². The van der Waals surface area contributed by atoms with E-state index in [9.17, 15) is 4.21 Å². The SMILES string of the molecule is CS(=O)CCNc1nc(N)nc(N2CCOCC2)n1. The fourth-order valence-electron chi connectivity index (χ4n) is 1.67. The highest BCUT2D eigenvalue weighted by atomic mass is 32.2. The van der Waals surface area contributed by atoms with Gasteiger partial charge in [-0.15, -0.1) is 0 Å². The van der Waals surface area contributed by atoms with Crippen LogP contribution in [-0.4, -0.2) is 64.0 Å². The molecular weight excluding hydrogens is 268 g/mol. The first-order valence-corrected chi connectivity index (χ1v) is 7.76. The third-order valence-corrected chi connectivity index (χ3v) is 3.39. The highest BCUT2D eigenvalue weighted by Gasteiger charge is 2.15. The minimum atomic E-state index is -0.846. The van der Waals surface area contributed by atoms with Gasteiger partial charge < -0.3 is 20.7 Å². The maximum Gasteiger partial charge on any atom is 0.232 e. The maximum atomic E-state index is 11.0. The van der Waals surface area contributed by atoms with E-state index in [1.54, 1.807) is 6.26 Å². The molecule has 1 aromatic rings. The zero-order chi connectivity index (χ0) is 13.7. The number of hydrogen-bond acceptors (Lipinski definition) is 8. The topological polar surface area (TPSA) is 106 Å². The number of hydrogen-bond donors (Lipinski definition) is 2. The fourth-order valence-corrected chi connectivity index (χ4v) is 2.06. The molecular formula is C10H18N6O2S. The Labute approximate surface area is 114 Å². The lowest BCUT2D eigenvalue weighted by Gasteiger charge is -2.26. The standard InChI is InChI=1S/C10H18N6O2S/c1-19(17)7-2-12-9-13-8(11)14-10(15-9)16-3-5-18-6-4-16/h2-7H2,1H3,(H3,11,12,13,14,15). The Kier molecular flexibility index (Phi) is 4.86. The number of aromatic nitrogens is 3. The summed E-state index contributed by atoms with van der Waals surface area (Å²) >= 11 is 0. The molecule has 3 N–H and O–H groups in total. The molecule has 1 aromatic heterocycles. The number of rotatable bonds is 5. The van der Waals surface area contributed by atoms with Crippen LogP contribution < -0.4 is 16.0 Å². The van der Waals surface area contributed by atoms with Crippen molar-refractivity contribution in [2.75, 3.05) is 60.8 Å². The highest BCUT2D eigenvalue weighted by Crippen LogP contribution is 2.13. The zero-order valence-electron chi connectivity index (χ0n) is 10.8. The second-order valence-corrected chi connectivity index (χ2v) is 5.68. The van der Waals surface area contributed by atoms with Crippen molar-refractivity contribution >= 4 is 28.6 Å². The molecule has 0 radical (unpaired) electrons. The van der Waals surface area contributed by atoms with Gasteiger partial charge in [0.1, 0.15) is 0 Å². The monoisotopic (exact) mass is 286 g/mol. The van der Waals surface area contributed by atoms with E-state index in [-0.39, 0.29) is 5.95 Å². The lowest BCUT2D eigenvalue weighted by molar-refractivity contribution is 0.122. The largest absolute Gasteiger partial charge is 0.378 e. The summed E-state index contributed by atoms with van der Waals surface area (Å²) in [5.74, 6) is 1.69. The van der Waals surface area contributed by atoms with Crippen molar-refractivity contribution < 1.29 is 8.95 Å². The highest BCUT2D eigenvalue weighted by molar-refractivity contribution is 7.84. The Morgan fingerprint density at radius 2 is 2.11 bits per heavy atom. The average molecular weight is 286 g/mol. The fraction of sp³-hybridized carbons (Fsp3) is 0.700. The normalized spacial score (nSPS) is 17.2. The quantitative estimate of drug-likeness (QED) is 0.716. The van der Waals surface area contributed by atoms with Gasteiger partial charge in [0, 0.05) is 42.4 Å². The summed E-state index contributed by atoms with van der Waals surface area (Å²) in [6, 6.07) is 0. The number of nitrogens with one attached hydrogen (secondary N) is 1. The predicted octanol–water partition coefficient (Wildman–Crippen LogP) is -0.919. The Morgan fingerprint density at radius 3 is 2.79 bits per heavy atom. The summed E-state index contributed by atoms with van der Waals surface area (Å²) in [7, 11) is -0.846. The molecule has 1 atom stereocenters. The first kappa shape index (κ1) is 13.9. The first-order valence-electron chi connectivity index (χ1n) is 6.03. The third kappa shape index (κ3) is 4.28. The van der Waals surface area contributed by atoms with Crippen LogP contribution in [0.3, 0.4) is 0 Å². The zero-order valence-corrected chi connectivity index (χ0v) is 11.7. The van der Waals surface area contributed by atoms with Crippen LogP contribution in [-0.2, 0) is 15.5 Å². The number of nitrogens with zero attached hydrogens (tertiary/aromatic N) is 4. The molecule has 2 rings (SSSR count). The van der Waals surface area contributed by atoms with Crippen LogP contribution in [0, 0.1) is 0 Å². The second kappa shape index (κ2) is 6.62. The molecule has 1 aliphatic heterocycles. The summed E-state index contributed by atoms with van der Waals surface area (Å²) in [6.07, 6.45) is 1.66. The van der Waals surface area contributed by atoms with Gasteiger partial charge in [-0.1, -0.05) is 0 Å². The van der Waals surface area contributed by atoms with Crippen LogP contribution in [0.1, 0.15) is 0 Å². The minimum Gasteiger partial charge on any atom is -0.378 e. The molecule has 1 saturated heterocycles. The molecule has 1 fully saturated rings. The lowest BCUT2D eigenvalue weighted by atomic mass is 10.4. The van der Waals surface area contributed by atoms with Crippen LogP contribution >= 0.6 is 0 Å². The number of morpholine rings is 1. The Hall–Kier alpha value is -1.48.